The number of amides is 2. The summed E-state index contributed by atoms with van der Waals surface area (Å²) in [4.78, 5) is 36.5. The minimum atomic E-state index is -0.223. The van der Waals surface area contributed by atoms with E-state index in [-0.39, 0.29) is 29.3 Å². The van der Waals surface area contributed by atoms with Crippen LogP contribution in [0.15, 0.2) is 36.5 Å². The maximum Gasteiger partial charge on any atom is 0.241 e. The Morgan fingerprint density at radius 1 is 1.31 bits per heavy atom. The predicted octanol–water partition coefficient (Wildman–Crippen LogP) is 3.44. The standard InChI is InChI=1S/C27H34ClN5O3/c1-18-14-32(19(12-29-18)15-31-10-6-9-25(31)34)16-26(35)33-17-27(2,3)20-13-30-24(11-22(20)33)36-23-8-5-4-7-21(23)28/h4-5,7-8,11,13,18-19,29H,6,9-10,12,14-17H2,1-3H3/t18-,19-/m1/s1. The van der Waals surface area contributed by atoms with Crippen molar-refractivity contribution < 1.29 is 14.3 Å². The molecule has 0 saturated carbocycles. The number of nitrogens with zero attached hydrogens (tertiary/aromatic N) is 4. The zero-order valence-corrected chi connectivity index (χ0v) is 21.9. The molecule has 3 aliphatic heterocycles. The van der Waals surface area contributed by atoms with Crippen LogP contribution in [0.3, 0.4) is 0 Å². The first-order chi connectivity index (χ1) is 17.2. The zero-order chi connectivity index (χ0) is 25.4. The highest BCUT2D eigenvalue weighted by Crippen LogP contribution is 2.42. The first-order valence-corrected chi connectivity index (χ1v) is 13.1. The number of likely N-dealkylation sites (tertiary alicyclic amines) is 1. The van der Waals surface area contributed by atoms with E-state index in [4.69, 9.17) is 16.3 Å². The Morgan fingerprint density at radius 3 is 2.86 bits per heavy atom. The van der Waals surface area contributed by atoms with Gasteiger partial charge < -0.3 is 19.9 Å². The summed E-state index contributed by atoms with van der Waals surface area (Å²) in [6.07, 6.45) is 3.35. The van der Waals surface area contributed by atoms with E-state index in [0.717, 1.165) is 37.3 Å². The molecule has 2 saturated heterocycles. The van der Waals surface area contributed by atoms with Crippen molar-refractivity contribution >= 4 is 29.1 Å². The molecule has 2 atom stereocenters. The molecule has 0 radical (unpaired) electrons. The molecule has 0 bridgehead atoms. The third-order valence-electron chi connectivity index (χ3n) is 7.45. The first kappa shape index (κ1) is 25.0. The van der Waals surface area contributed by atoms with E-state index < -0.39 is 0 Å². The number of benzene rings is 1. The molecule has 2 aromatic rings. The van der Waals surface area contributed by atoms with Gasteiger partial charge in [-0.05, 0) is 25.5 Å². The Balaban J connectivity index is 1.35. The van der Waals surface area contributed by atoms with Crippen LogP contribution in [0.5, 0.6) is 11.6 Å². The van der Waals surface area contributed by atoms with E-state index in [0.29, 0.717) is 42.7 Å². The van der Waals surface area contributed by atoms with Crippen LogP contribution in [0, 0.1) is 0 Å². The fourth-order valence-electron chi connectivity index (χ4n) is 5.47. The van der Waals surface area contributed by atoms with Gasteiger partial charge in [-0.1, -0.05) is 37.6 Å². The topological polar surface area (TPSA) is 78.0 Å². The van der Waals surface area contributed by atoms with Crippen molar-refractivity contribution in [2.45, 2.75) is 51.1 Å². The van der Waals surface area contributed by atoms with Gasteiger partial charge in [-0.25, -0.2) is 4.98 Å². The minimum absolute atomic E-state index is 0.0450. The number of hydrogen-bond donors (Lipinski definition) is 1. The Bertz CT molecular complexity index is 1160. The molecule has 2 amide bonds. The van der Waals surface area contributed by atoms with E-state index in [9.17, 15) is 9.59 Å². The smallest absolute Gasteiger partial charge is 0.241 e. The average molecular weight is 512 g/mol. The van der Waals surface area contributed by atoms with Crippen LogP contribution in [-0.4, -0.2) is 78.0 Å². The molecule has 8 nitrogen and oxygen atoms in total. The minimum Gasteiger partial charge on any atom is -0.437 e. The summed E-state index contributed by atoms with van der Waals surface area (Å²) >= 11 is 6.27. The van der Waals surface area contributed by atoms with Crippen LogP contribution >= 0.6 is 11.6 Å². The Kier molecular flexibility index (Phi) is 6.94. The van der Waals surface area contributed by atoms with Crippen molar-refractivity contribution in [3.8, 4) is 11.6 Å². The average Bonchev–Trinajstić information content (AvgIpc) is 3.36. The molecule has 1 aromatic heterocycles. The number of para-hydroxylation sites is 1. The lowest BCUT2D eigenvalue weighted by atomic mass is 9.88. The van der Waals surface area contributed by atoms with Gasteiger partial charge in [0.25, 0.3) is 0 Å². The first-order valence-electron chi connectivity index (χ1n) is 12.7. The van der Waals surface area contributed by atoms with Crippen LogP contribution in [0.1, 0.15) is 39.2 Å². The maximum absolute atomic E-state index is 13.7. The summed E-state index contributed by atoms with van der Waals surface area (Å²) in [6, 6.07) is 9.49. The zero-order valence-electron chi connectivity index (χ0n) is 21.2. The van der Waals surface area contributed by atoms with Gasteiger partial charge in [0.15, 0.2) is 0 Å². The quantitative estimate of drug-likeness (QED) is 0.640. The number of halogens is 1. The largest absolute Gasteiger partial charge is 0.437 e. The maximum atomic E-state index is 13.7. The summed E-state index contributed by atoms with van der Waals surface area (Å²) in [5.41, 5.74) is 1.63. The molecule has 4 heterocycles. The number of ether oxygens (including phenoxy) is 1. The second kappa shape index (κ2) is 10.00. The summed E-state index contributed by atoms with van der Waals surface area (Å²) in [6.45, 7) is 10.3. The van der Waals surface area contributed by atoms with Crippen molar-refractivity contribution in [2.24, 2.45) is 0 Å². The van der Waals surface area contributed by atoms with Crippen LogP contribution in [-0.2, 0) is 15.0 Å². The monoisotopic (exact) mass is 511 g/mol. The van der Waals surface area contributed by atoms with Gasteiger partial charge in [0.05, 0.1) is 17.3 Å². The van der Waals surface area contributed by atoms with E-state index in [1.54, 1.807) is 12.1 Å². The van der Waals surface area contributed by atoms with Crippen molar-refractivity contribution in [1.82, 2.24) is 20.1 Å². The highest BCUT2D eigenvalue weighted by atomic mass is 35.5. The van der Waals surface area contributed by atoms with Crippen molar-refractivity contribution in [1.29, 1.82) is 0 Å². The number of carbonyl (C=O) groups is 2. The predicted molar refractivity (Wildman–Crippen MR) is 140 cm³/mol. The lowest BCUT2D eigenvalue weighted by Gasteiger charge is -2.41. The molecular weight excluding hydrogens is 478 g/mol. The second-order valence-electron chi connectivity index (χ2n) is 10.8. The number of rotatable bonds is 6. The molecular formula is C27H34ClN5O3. The summed E-state index contributed by atoms with van der Waals surface area (Å²) < 4.78 is 5.96. The molecule has 9 heteroatoms. The highest BCUT2D eigenvalue weighted by Gasteiger charge is 2.40. The number of carbonyl (C=O) groups excluding carboxylic acids is 2. The molecule has 2 fully saturated rings. The van der Waals surface area contributed by atoms with Gasteiger partial charge in [0, 0.05) is 74.5 Å². The number of pyridine rings is 1. The number of anilines is 1. The lowest BCUT2D eigenvalue weighted by Crippen LogP contribution is -2.60. The molecule has 0 spiro atoms. The SMILES string of the molecule is C[C@@H]1CN(CC(=O)N2CC(C)(C)c3cnc(Oc4ccccc4Cl)cc32)[C@@H](CN2CCCC2=O)CN1. The molecule has 3 aliphatic rings. The Morgan fingerprint density at radius 2 is 2.11 bits per heavy atom. The van der Waals surface area contributed by atoms with Crippen LogP contribution in [0.25, 0.3) is 0 Å². The van der Waals surface area contributed by atoms with Crippen molar-refractivity contribution in [3.05, 3.63) is 47.1 Å². The Hall–Kier alpha value is -2.68. The van der Waals surface area contributed by atoms with Gasteiger partial charge in [0.1, 0.15) is 5.75 Å². The second-order valence-corrected chi connectivity index (χ2v) is 11.2. The van der Waals surface area contributed by atoms with Crippen LogP contribution in [0.2, 0.25) is 5.02 Å². The van der Waals surface area contributed by atoms with Crippen LogP contribution in [0.4, 0.5) is 5.69 Å². The van der Waals surface area contributed by atoms with Crippen molar-refractivity contribution in [2.75, 3.05) is 44.2 Å². The van der Waals surface area contributed by atoms with Crippen molar-refractivity contribution in [3.63, 3.8) is 0 Å². The normalized spacial score (nSPS) is 23.7. The van der Waals surface area contributed by atoms with Gasteiger partial charge >= 0.3 is 0 Å². The fourth-order valence-corrected chi connectivity index (χ4v) is 5.65. The van der Waals surface area contributed by atoms with Gasteiger partial charge in [-0.3, -0.25) is 14.5 Å². The van der Waals surface area contributed by atoms with E-state index in [1.807, 2.05) is 34.2 Å². The number of fused-ring (bicyclic) bond motifs is 1. The molecule has 0 aliphatic carbocycles. The van der Waals surface area contributed by atoms with Gasteiger partial charge in [-0.15, -0.1) is 0 Å². The molecule has 192 valence electrons. The molecule has 5 rings (SSSR count). The number of piperazine rings is 1. The number of nitrogens with one attached hydrogen (secondary N) is 1. The third kappa shape index (κ3) is 5.08. The van der Waals surface area contributed by atoms with E-state index in [1.165, 1.54) is 0 Å². The number of aromatic nitrogens is 1. The molecule has 0 unspecified atom stereocenters. The van der Waals surface area contributed by atoms with E-state index in [2.05, 4.69) is 36.0 Å². The summed E-state index contributed by atoms with van der Waals surface area (Å²) in [5.74, 6) is 1.19. The van der Waals surface area contributed by atoms with E-state index >= 15 is 0 Å². The highest BCUT2D eigenvalue weighted by molar-refractivity contribution is 6.32. The third-order valence-corrected chi connectivity index (χ3v) is 7.76. The molecule has 36 heavy (non-hydrogen) atoms. The molecule has 1 aromatic carbocycles. The summed E-state index contributed by atoms with van der Waals surface area (Å²) in [7, 11) is 0. The fraction of sp³-hybridized carbons (Fsp3) is 0.519. The Labute approximate surface area is 217 Å². The van der Waals surface area contributed by atoms with Gasteiger partial charge in [-0.2, -0.15) is 0 Å². The lowest BCUT2D eigenvalue weighted by molar-refractivity contribution is -0.128. The van der Waals surface area contributed by atoms with Gasteiger partial charge in [0.2, 0.25) is 17.7 Å². The molecule has 1 N–H and O–H groups in total. The summed E-state index contributed by atoms with van der Waals surface area (Å²) in [5, 5.41) is 4.02. The van der Waals surface area contributed by atoms with Crippen LogP contribution < -0.4 is 15.0 Å². The number of hydrogen-bond acceptors (Lipinski definition) is 6.